The maximum atomic E-state index is 9.81. The van der Waals surface area contributed by atoms with Crippen LogP contribution >= 0.6 is 46.4 Å². The van der Waals surface area contributed by atoms with Gasteiger partial charge in [-0.1, -0.05) is 46.4 Å². The van der Waals surface area contributed by atoms with E-state index in [0.29, 0.717) is 6.29 Å². The number of alkyl halides is 3. The largest absolute Gasteiger partial charge is 0.297 e. The maximum absolute atomic E-state index is 9.81. The number of allylic oxidation sites excluding steroid dienone is 2. The fraction of sp³-hybridized carbons (Fsp3) is 0.250. The average molecular weight is 208 g/mol. The normalized spacial score (nSPS) is 13.6. The molecule has 0 rings (SSSR count). The van der Waals surface area contributed by atoms with E-state index in [2.05, 4.69) is 0 Å². The second kappa shape index (κ2) is 3.67. The van der Waals surface area contributed by atoms with Gasteiger partial charge < -0.3 is 0 Å². The quantitative estimate of drug-likeness (QED) is 0.367. The Kier molecular flexibility index (Phi) is 3.90. The van der Waals surface area contributed by atoms with Crippen LogP contribution in [0, 0.1) is 0 Å². The molecule has 5 heteroatoms. The summed E-state index contributed by atoms with van der Waals surface area (Å²) in [6.45, 7) is 0. The zero-order valence-corrected chi connectivity index (χ0v) is 7.10. The minimum atomic E-state index is -1.59. The first kappa shape index (κ1) is 9.57. The van der Waals surface area contributed by atoms with E-state index in [1.165, 1.54) is 0 Å². The summed E-state index contributed by atoms with van der Waals surface area (Å²) in [7, 11) is 0. The molecule has 0 bridgehead atoms. The molecule has 1 nitrogen and oxygen atoms in total. The molecule has 0 heterocycles. The number of aldehydes is 1. The highest BCUT2D eigenvalue weighted by molar-refractivity contribution is 6.69. The molecule has 9 heavy (non-hydrogen) atoms. The number of rotatable bonds is 1. The Morgan fingerprint density at radius 1 is 1.33 bits per heavy atom. The standard InChI is InChI=1S/C4H2Cl4O/c5-3(2-9)1-4(6,7)8/h1-2H/b3-1+. The third kappa shape index (κ3) is 6.46. The second-order valence-electron chi connectivity index (χ2n) is 1.19. The molecule has 52 valence electrons. The Hall–Kier alpha value is 0.570. The Morgan fingerprint density at radius 2 is 1.78 bits per heavy atom. The highest BCUT2D eigenvalue weighted by Gasteiger charge is 2.15. The van der Waals surface area contributed by atoms with Crippen LogP contribution in [0.3, 0.4) is 0 Å². The SMILES string of the molecule is O=C/C(Cl)=C\C(Cl)(Cl)Cl. The van der Waals surface area contributed by atoms with Gasteiger partial charge in [0, 0.05) is 0 Å². The first-order valence-electron chi connectivity index (χ1n) is 1.86. The van der Waals surface area contributed by atoms with E-state index < -0.39 is 3.79 Å². The number of hydrogen-bond donors (Lipinski definition) is 0. The third-order valence-electron chi connectivity index (χ3n) is 0.414. The minimum Gasteiger partial charge on any atom is -0.297 e. The Labute approximate surface area is 72.5 Å². The van der Waals surface area contributed by atoms with Crippen molar-refractivity contribution in [2.45, 2.75) is 3.79 Å². The van der Waals surface area contributed by atoms with Crippen LogP contribution in [0.5, 0.6) is 0 Å². The van der Waals surface area contributed by atoms with Crippen LogP contribution in [-0.4, -0.2) is 10.1 Å². The molecule has 0 aromatic carbocycles. The smallest absolute Gasteiger partial charge is 0.211 e. The molecule has 0 radical (unpaired) electrons. The van der Waals surface area contributed by atoms with Gasteiger partial charge in [-0.15, -0.1) is 0 Å². The van der Waals surface area contributed by atoms with Gasteiger partial charge in [0.25, 0.3) is 0 Å². The van der Waals surface area contributed by atoms with E-state index in [1.807, 2.05) is 0 Å². The van der Waals surface area contributed by atoms with Crippen molar-refractivity contribution >= 4 is 52.7 Å². The van der Waals surface area contributed by atoms with Gasteiger partial charge in [-0.25, -0.2) is 0 Å². The van der Waals surface area contributed by atoms with Crippen molar-refractivity contribution in [2.24, 2.45) is 0 Å². The summed E-state index contributed by atoms with van der Waals surface area (Å²) in [5.74, 6) is 0. The maximum Gasteiger partial charge on any atom is 0.211 e. The zero-order valence-electron chi connectivity index (χ0n) is 4.07. The summed E-state index contributed by atoms with van der Waals surface area (Å²) in [6.07, 6.45) is 1.41. The summed E-state index contributed by atoms with van der Waals surface area (Å²) in [4.78, 5) is 9.81. The number of hydrogen-bond acceptors (Lipinski definition) is 1. The molecular formula is C4H2Cl4O. The first-order valence-corrected chi connectivity index (χ1v) is 3.37. The number of carbonyl (C=O) groups excluding carboxylic acids is 1. The molecule has 0 N–H and O–H groups in total. The van der Waals surface area contributed by atoms with Crippen LogP contribution in [0.15, 0.2) is 11.1 Å². The monoisotopic (exact) mass is 206 g/mol. The molecular weight excluding hydrogens is 206 g/mol. The van der Waals surface area contributed by atoms with E-state index >= 15 is 0 Å². The molecule has 0 aromatic heterocycles. The number of carbonyl (C=O) groups is 1. The van der Waals surface area contributed by atoms with Gasteiger partial charge in [0.2, 0.25) is 3.79 Å². The lowest BCUT2D eigenvalue weighted by atomic mass is 10.5. The summed E-state index contributed by atoms with van der Waals surface area (Å²) in [5, 5.41) is -0.116. The fourth-order valence-corrected chi connectivity index (χ4v) is 0.874. The van der Waals surface area contributed by atoms with Crippen LogP contribution in [0.4, 0.5) is 0 Å². The van der Waals surface area contributed by atoms with Gasteiger partial charge in [0.15, 0.2) is 6.29 Å². The van der Waals surface area contributed by atoms with E-state index in [1.54, 1.807) is 0 Å². The van der Waals surface area contributed by atoms with E-state index in [9.17, 15) is 4.79 Å². The first-order chi connectivity index (χ1) is 3.95. The predicted octanol–water partition coefficient (Wildman–Crippen LogP) is 2.68. The second-order valence-corrected chi connectivity index (χ2v) is 3.99. The molecule has 0 amide bonds. The lowest BCUT2D eigenvalue weighted by Gasteiger charge is -2.01. The van der Waals surface area contributed by atoms with E-state index in [0.717, 1.165) is 6.08 Å². The van der Waals surface area contributed by atoms with Crippen molar-refractivity contribution in [3.8, 4) is 0 Å². The third-order valence-corrected chi connectivity index (χ3v) is 0.940. The summed E-state index contributed by atoms with van der Waals surface area (Å²) in [5.41, 5.74) is 0. The number of halogens is 4. The fourth-order valence-electron chi connectivity index (χ4n) is 0.190. The van der Waals surface area contributed by atoms with Crippen LogP contribution in [0.1, 0.15) is 0 Å². The summed E-state index contributed by atoms with van der Waals surface area (Å²) < 4.78 is -1.59. The van der Waals surface area contributed by atoms with Gasteiger partial charge in [-0.05, 0) is 6.08 Å². The van der Waals surface area contributed by atoms with Gasteiger partial charge in [0.05, 0.1) is 5.03 Å². The van der Waals surface area contributed by atoms with Crippen molar-refractivity contribution in [1.82, 2.24) is 0 Å². The minimum absolute atomic E-state index is 0.116. The van der Waals surface area contributed by atoms with Gasteiger partial charge >= 0.3 is 0 Å². The Morgan fingerprint density at radius 3 is 1.89 bits per heavy atom. The zero-order chi connectivity index (χ0) is 7.49. The van der Waals surface area contributed by atoms with E-state index in [-0.39, 0.29) is 5.03 Å². The topological polar surface area (TPSA) is 17.1 Å². The molecule has 0 aliphatic rings. The highest BCUT2D eigenvalue weighted by atomic mass is 35.6. The molecule has 0 saturated heterocycles. The van der Waals surface area contributed by atoms with Crippen molar-refractivity contribution in [1.29, 1.82) is 0 Å². The van der Waals surface area contributed by atoms with Gasteiger partial charge in [-0.2, -0.15) is 0 Å². The van der Waals surface area contributed by atoms with Crippen LogP contribution in [0.2, 0.25) is 0 Å². The van der Waals surface area contributed by atoms with Gasteiger partial charge in [0.1, 0.15) is 0 Å². The lowest BCUT2D eigenvalue weighted by molar-refractivity contribution is -0.104. The molecule has 0 saturated carbocycles. The summed E-state index contributed by atoms with van der Waals surface area (Å²) >= 11 is 20.8. The highest BCUT2D eigenvalue weighted by Crippen LogP contribution is 2.29. The predicted molar refractivity (Wildman–Crippen MR) is 40.3 cm³/mol. The van der Waals surface area contributed by atoms with Crippen LogP contribution < -0.4 is 0 Å². The average Bonchev–Trinajstić information content (AvgIpc) is 1.62. The van der Waals surface area contributed by atoms with Crippen LogP contribution in [0.25, 0.3) is 0 Å². The molecule has 0 aliphatic heterocycles. The van der Waals surface area contributed by atoms with E-state index in [4.69, 9.17) is 46.4 Å². The van der Waals surface area contributed by atoms with Crippen LogP contribution in [-0.2, 0) is 4.79 Å². The molecule has 0 aliphatic carbocycles. The molecule has 0 atom stereocenters. The molecule has 0 unspecified atom stereocenters. The lowest BCUT2D eigenvalue weighted by Crippen LogP contribution is -1.95. The van der Waals surface area contributed by atoms with Crippen molar-refractivity contribution in [3.05, 3.63) is 11.1 Å². The van der Waals surface area contributed by atoms with Crippen molar-refractivity contribution in [2.75, 3.05) is 0 Å². The Bertz CT molecular complexity index is 134. The molecule has 0 spiro atoms. The Balaban J connectivity index is 4.11. The van der Waals surface area contributed by atoms with Crippen molar-refractivity contribution in [3.63, 3.8) is 0 Å². The van der Waals surface area contributed by atoms with Gasteiger partial charge in [-0.3, -0.25) is 4.79 Å². The van der Waals surface area contributed by atoms with Crippen molar-refractivity contribution < 1.29 is 4.79 Å². The molecule has 0 fully saturated rings. The summed E-state index contributed by atoms with van der Waals surface area (Å²) in [6, 6.07) is 0. The molecule has 0 aromatic rings.